The van der Waals surface area contributed by atoms with Gasteiger partial charge in [0.2, 0.25) is 0 Å². The van der Waals surface area contributed by atoms with E-state index >= 15 is 0 Å². The Hall–Kier alpha value is -0.870. The highest BCUT2D eigenvalue weighted by Gasteiger charge is 2.23. The van der Waals surface area contributed by atoms with E-state index in [-0.39, 0.29) is 12.0 Å². The number of aliphatic carboxylic acids is 1. The maximum absolute atomic E-state index is 11.0. The molecule has 0 spiro atoms. The fourth-order valence-corrected chi connectivity index (χ4v) is 2.19. The lowest BCUT2D eigenvalue weighted by atomic mass is 10.0. The van der Waals surface area contributed by atoms with Gasteiger partial charge in [0.15, 0.2) is 0 Å². The van der Waals surface area contributed by atoms with E-state index in [2.05, 4.69) is 5.32 Å². The molecule has 15 heavy (non-hydrogen) atoms. The highest BCUT2D eigenvalue weighted by atomic mass is 32.1. The first kappa shape index (κ1) is 12.2. The molecular formula is C11H17NO2S. The molecule has 2 unspecified atom stereocenters. The van der Waals surface area contributed by atoms with Crippen molar-refractivity contribution < 1.29 is 9.90 Å². The van der Waals surface area contributed by atoms with Crippen molar-refractivity contribution in [2.75, 3.05) is 0 Å². The molecule has 1 heterocycles. The Morgan fingerprint density at radius 1 is 1.47 bits per heavy atom. The molecule has 0 aromatic carbocycles. The molecule has 84 valence electrons. The third kappa shape index (κ3) is 3.32. The first-order chi connectivity index (χ1) is 7.02. The van der Waals surface area contributed by atoms with E-state index < -0.39 is 12.0 Å². The van der Waals surface area contributed by atoms with Crippen molar-refractivity contribution in [1.29, 1.82) is 0 Å². The van der Waals surface area contributed by atoms with E-state index in [1.54, 1.807) is 11.3 Å². The second-order valence-electron chi connectivity index (χ2n) is 4.00. The van der Waals surface area contributed by atoms with E-state index in [1.807, 2.05) is 37.6 Å². The van der Waals surface area contributed by atoms with Crippen LogP contribution in [0.3, 0.4) is 0 Å². The predicted molar refractivity (Wildman–Crippen MR) is 62.1 cm³/mol. The number of hydrogen-bond donors (Lipinski definition) is 2. The van der Waals surface area contributed by atoms with Crippen LogP contribution in [0, 0.1) is 5.92 Å². The molecule has 0 fully saturated rings. The molecule has 0 aliphatic carbocycles. The largest absolute Gasteiger partial charge is 0.480 e. The van der Waals surface area contributed by atoms with Crippen LogP contribution < -0.4 is 5.32 Å². The van der Waals surface area contributed by atoms with Crippen molar-refractivity contribution in [3.05, 3.63) is 22.4 Å². The fourth-order valence-electron chi connectivity index (χ4n) is 1.44. The molecule has 1 rings (SSSR count). The van der Waals surface area contributed by atoms with Crippen molar-refractivity contribution in [2.24, 2.45) is 5.92 Å². The third-order valence-corrected chi connectivity index (χ3v) is 3.11. The zero-order valence-corrected chi connectivity index (χ0v) is 10.0. The topological polar surface area (TPSA) is 49.3 Å². The van der Waals surface area contributed by atoms with Crippen LogP contribution in [0.2, 0.25) is 0 Å². The van der Waals surface area contributed by atoms with Crippen LogP contribution in [-0.4, -0.2) is 17.1 Å². The van der Waals surface area contributed by atoms with Gasteiger partial charge in [-0.05, 0) is 35.2 Å². The molecule has 2 atom stereocenters. The minimum absolute atomic E-state index is 0.0831. The van der Waals surface area contributed by atoms with Gasteiger partial charge >= 0.3 is 5.97 Å². The summed E-state index contributed by atoms with van der Waals surface area (Å²) in [6.45, 7) is 5.80. The number of carboxylic acid groups (broad SMARTS) is 1. The molecule has 0 bridgehead atoms. The molecule has 0 saturated carbocycles. The van der Waals surface area contributed by atoms with Gasteiger partial charge in [0, 0.05) is 6.04 Å². The fraction of sp³-hybridized carbons (Fsp3) is 0.545. The molecule has 1 aromatic heterocycles. The molecule has 0 saturated heterocycles. The Balaban J connectivity index is 2.63. The van der Waals surface area contributed by atoms with Gasteiger partial charge in [-0.2, -0.15) is 11.3 Å². The standard InChI is InChI=1S/C11H17NO2S/c1-7(2)10(11(13)14)12-8(3)9-4-5-15-6-9/h4-8,10,12H,1-3H3,(H,13,14). The van der Waals surface area contributed by atoms with Crippen LogP contribution in [-0.2, 0) is 4.79 Å². The van der Waals surface area contributed by atoms with Crippen LogP contribution in [0.4, 0.5) is 0 Å². The second kappa shape index (κ2) is 5.28. The summed E-state index contributed by atoms with van der Waals surface area (Å²) < 4.78 is 0. The Kier molecular flexibility index (Phi) is 4.29. The minimum Gasteiger partial charge on any atom is -0.480 e. The van der Waals surface area contributed by atoms with Crippen molar-refractivity contribution in [3.63, 3.8) is 0 Å². The van der Waals surface area contributed by atoms with E-state index in [0.29, 0.717) is 0 Å². The summed E-state index contributed by atoms with van der Waals surface area (Å²) in [6.07, 6.45) is 0. The number of rotatable bonds is 5. The normalized spacial score (nSPS) is 15.2. The Bertz CT molecular complexity index is 308. The monoisotopic (exact) mass is 227 g/mol. The van der Waals surface area contributed by atoms with Crippen molar-refractivity contribution in [1.82, 2.24) is 5.32 Å². The summed E-state index contributed by atoms with van der Waals surface area (Å²) in [4.78, 5) is 11.0. The zero-order chi connectivity index (χ0) is 11.4. The van der Waals surface area contributed by atoms with E-state index in [4.69, 9.17) is 5.11 Å². The predicted octanol–water partition coefficient (Wildman–Crippen LogP) is 2.51. The van der Waals surface area contributed by atoms with E-state index in [9.17, 15) is 4.79 Å². The smallest absolute Gasteiger partial charge is 0.320 e. The van der Waals surface area contributed by atoms with Crippen molar-refractivity contribution in [2.45, 2.75) is 32.9 Å². The molecule has 2 N–H and O–H groups in total. The van der Waals surface area contributed by atoms with Crippen LogP contribution in [0.5, 0.6) is 0 Å². The van der Waals surface area contributed by atoms with Gasteiger partial charge in [-0.25, -0.2) is 0 Å². The molecule has 3 nitrogen and oxygen atoms in total. The molecule has 4 heteroatoms. The average Bonchev–Trinajstić information content (AvgIpc) is 2.65. The highest BCUT2D eigenvalue weighted by molar-refractivity contribution is 7.07. The van der Waals surface area contributed by atoms with Gasteiger partial charge in [0.1, 0.15) is 6.04 Å². The van der Waals surface area contributed by atoms with Crippen LogP contribution in [0.1, 0.15) is 32.4 Å². The van der Waals surface area contributed by atoms with Gasteiger partial charge < -0.3 is 5.11 Å². The second-order valence-corrected chi connectivity index (χ2v) is 4.78. The average molecular weight is 227 g/mol. The van der Waals surface area contributed by atoms with Crippen LogP contribution >= 0.6 is 11.3 Å². The molecule has 0 amide bonds. The lowest BCUT2D eigenvalue weighted by molar-refractivity contribution is -0.140. The third-order valence-electron chi connectivity index (χ3n) is 2.41. The SMILES string of the molecule is CC(NC(C(=O)O)C(C)C)c1ccsc1. The Morgan fingerprint density at radius 3 is 2.53 bits per heavy atom. The maximum Gasteiger partial charge on any atom is 0.320 e. The summed E-state index contributed by atoms with van der Waals surface area (Å²) in [7, 11) is 0. The Morgan fingerprint density at radius 2 is 2.13 bits per heavy atom. The van der Waals surface area contributed by atoms with E-state index in [0.717, 1.165) is 5.56 Å². The quantitative estimate of drug-likeness (QED) is 0.812. The van der Waals surface area contributed by atoms with Crippen LogP contribution in [0.15, 0.2) is 16.8 Å². The molecular weight excluding hydrogens is 210 g/mol. The van der Waals surface area contributed by atoms with Gasteiger partial charge in [0.25, 0.3) is 0 Å². The number of nitrogens with one attached hydrogen (secondary N) is 1. The van der Waals surface area contributed by atoms with Crippen molar-refractivity contribution in [3.8, 4) is 0 Å². The lowest BCUT2D eigenvalue weighted by Gasteiger charge is -2.22. The minimum atomic E-state index is -0.785. The number of carbonyl (C=O) groups is 1. The van der Waals surface area contributed by atoms with Gasteiger partial charge in [-0.3, -0.25) is 10.1 Å². The summed E-state index contributed by atoms with van der Waals surface area (Å²) >= 11 is 1.62. The van der Waals surface area contributed by atoms with Gasteiger partial charge in [0.05, 0.1) is 0 Å². The molecule has 0 aliphatic heterocycles. The maximum atomic E-state index is 11.0. The zero-order valence-electron chi connectivity index (χ0n) is 9.23. The number of thiophene rings is 1. The van der Waals surface area contributed by atoms with Gasteiger partial charge in [-0.1, -0.05) is 13.8 Å². The van der Waals surface area contributed by atoms with Gasteiger partial charge in [-0.15, -0.1) is 0 Å². The van der Waals surface area contributed by atoms with Crippen molar-refractivity contribution >= 4 is 17.3 Å². The summed E-state index contributed by atoms with van der Waals surface area (Å²) in [6, 6.07) is 1.61. The molecule has 0 radical (unpaired) electrons. The summed E-state index contributed by atoms with van der Waals surface area (Å²) in [5.41, 5.74) is 1.15. The number of carboxylic acids is 1. The lowest BCUT2D eigenvalue weighted by Crippen LogP contribution is -2.42. The molecule has 0 aliphatic rings. The summed E-state index contributed by atoms with van der Waals surface area (Å²) in [5.74, 6) is -0.698. The Labute approximate surface area is 94.1 Å². The van der Waals surface area contributed by atoms with Crippen LogP contribution in [0.25, 0.3) is 0 Å². The summed E-state index contributed by atoms with van der Waals surface area (Å²) in [5, 5.41) is 16.2. The first-order valence-corrected chi connectivity index (χ1v) is 5.97. The number of hydrogen-bond acceptors (Lipinski definition) is 3. The first-order valence-electron chi connectivity index (χ1n) is 5.03. The van der Waals surface area contributed by atoms with E-state index in [1.165, 1.54) is 0 Å². The molecule has 1 aromatic rings. The highest BCUT2D eigenvalue weighted by Crippen LogP contribution is 2.17.